The summed E-state index contributed by atoms with van der Waals surface area (Å²) in [5.41, 5.74) is 0. The van der Waals surface area contributed by atoms with Crippen molar-refractivity contribution in [3.63, 3.8) is 0 Å². The Balaban J connectivity index is 2.31. The molecule has 1 saturated carbocycles. The summed E-state index contributed by atoms with van der Waals surface area (Å²) in [6.45, 7) is 1.92. The van der Waals surface area contributed by atoms with Crippen molar-refractivity contribution in [1.29, 1.82) is 0 Å². The lowest BCUT2D eigenvalue weighted by Crippen LogP contribution is -2.31. The number of carbonyl (C=O) groups excluding carboxylic acids is 1. The van der Waals surface area contributed by atoms with Gasteiger partial charge in [0.2, 0.25) is 0 Å². The zero-order valence-electron chi connectivity index (χ0n) is 5.98. The quantitative estimate of drug-likeness (QED) is 0.600. The Morgan fingerprint density at radius 1 is 1.67 bits per heavy atom. The Kier molecular flexibility index (Phi) is 1.86. The molecule has 1 unspecified atom stereocenters. The fourth-order valence-corrected chi connectivity index (χ4v) is 0.864. The van der Waals surface area contributed by atoms with E-state index < -0.39 is 0 Å². The second kappa shape index (κ2) is 2.48. The van der Waals surface area contributed by atoms with Crippen LogP contribution < -0.4 is 5.32 Å². The number of carbonyl (C=O) groups is 1. The van der Waals surface area contributed by atoms with E-state index in [0.29, 0.717) is 11.7 Å². The first-order valence-corrected chi connectivity index (χ1v) is 3.46. The number of nitrogens with one attached hydrogen (secondary N) is 1. The molecule has 1 fully saturated rings. The van der Waals surface area contributed by atoms with Gasteiger partial charge in [-0.25, -0.2) is 0 Å². The van der Waals surface area contributed by atoms with E-state index in [-0.39, 0.29) is 6.04 Å². The minimum absolute atomic E-state index is 0.0671. The lowest BCUT2D eigenvalue weighted by atomic mass is 10.1. The van der Waals surface area contributed by atoms with Gasteiger partial charge in [0, 0.05) is 5.92 Å². The molecule has 0 saturated heterocycles. The van der Waals surface area contributed by atoms with Crippen molar-refractivity contribution in [2.45, 2.75) is 25.8 Å². The molecule has 0 aromatic carbocycles. The van der Waals surface area contributed by atoms with E-state index in [1.807, 2.05) is 14.0 Å². The topological polar surface area (TPSA) is 29.1 Å². The monoisotopic (exact) mass is 127 g/mol. The van der Waals surface area contributed by atoms with E-state index in [1.54, 1.807) is 0 Å². The second-order valence-electron chi connectivity index (χ2n) is 2.69. The first-order valence-electron chi connectivity index (χ1n) is 3.46. The zero-order chi connectivity index (χ0) is 6.85. The first kappa shape index (κ1) is 6.75. The molecule has 0 bridgehead atoms. The van der Waals surface area contributed by atoms with E-state index in [4.69, 9.17) is 0 Å². The molecule has 1 aliphatic rings. The summed E-state index contributed by atoms with van der Waals surface area (Å²) in [7, 11) is 1.82. The Bertz CT molecular complexity index is 118. The van der Waals surface area contributed by atoms with Gasteiger partial charge < -0.3 is 5.32 Å². The molecule has 1 aliphatic carbocycles. The minimum atomic E-state index is 0.0671. The van der Waals surface area contributed by atoms with Crippen molar-refractivity contribution < 1.29 is 4.79 Å². The molecule has 0 radical (unpaired) electrons. The molecule has 1 atom stereocenters. The molecule has 52 valence electrons. The number of hydrogen-bond donors (Lipinski definition) is 1. The van der Waals surface area contributed by atoms with Crippen molar-refractivity contribution in [2.75, 3.05) is 7.05 Å². The summed E-state index contributed by atoms with van der Waals surface area (Å²) in [6.07, 6.45) is 2.23. The van der Waals surface area contributed by atoms with Gasteiger partial charge in [0.1, 0.15) is 0 Å². The Labute approximate surface area is 55.6 Å². The molecule has 0 aromatic heterocycles. The van der Waals surface area contributed by atoms with Gasteiger partial charge in [-0.05, 0) is 26.8 Å². The molecule has 0 aromatic rings. The maximum absolute atomic E-state index is 11.1. The predicted molar refractivity (Wildman–Crippen MR) is 36.3 cm³/mol. The Morgan fingerprint density at radius 3 is 2.56 bits per heavy atom. The highest BCUT2D eigenvalue weighted by Gasteiger charge is 2.31. The summed E-state index contributed by atoms with van der Waals surface area (Å²) in [4.78, 5) is 11.1. The number of rotatable bonds is 3. The van der Waals surface area contributed by atoms with Gasteiger partial charge in [-0.3, -0.25) is 4.79 Å². The van der Waals surface area contributed by atoms with Crippen LogP contribution in [0, 0.1) is 5.92 Å². The van der Waals surface area contributed by atoms with Crippen LogP contribution in [0.3, 0.4) is 0 Å². The average molecular weight is 127 g/mol. The van der Waals surface area contributed by atoms with Gasteiger partial charge in [-0.1, -0.05) is 0 Å². The Hall–Kier alpha value is -0.370. The smallest absolute Gasteiger partial charge is 0.152 e. The van der Waals surface area contributed by atoms with Crippen LogP contribution in [0.2, 0.25) is 0 Å². The van der Waals surface area contributed by atoms with E-state index in [9.17, 15) is 4.79 Å². The average Bonchev–Trinajstić information content (AvgIpc) is 2.66. The van der Waals surface area contributed by atoms with Gasteiger partial charge in [0.25, 0.3) is 0 Å². The molecule has 1 rings (SSSR count). The van der Waals surface area contributed by atoms with Gasteiger partial charge in [0.05, 0.1) is 6.04 Å². The Morgan fingerprint density at radius 2 is 2.22 bits per heavy atom. The van der Waals surface area contributed by atoms with Gasteiger partial charge in [0.15, 0.2) is 5.78 Å². The lowest BCUT2D eigenvalue weighted by Gasteiger charge is -2.05. The number of hydrogen-bond acceptors (Lipinski definition) is 2. The third-order valence-corrected chi connectivity index (χ3v) is 1.84. The van der Waals surface area contributed by atoms with Gasteiger partial charge in [-0.15, -0.1) is 0 Å². The van der Waals surface area contributed by atoms with Crippen LogP contribution in [-0.4, -0.2) is 18.9 Å². The van der Waals surface area contributed by atoms with Crippen LogP contribution in [0.1, 0.15) is 19.8 Å². The summed E-state index contributed by atoms with van der Waals surface area (Å²) in [5, 5.41) is 2.94. The summed E-state index contributed by atoms with van der Waals surface area (Å²) < 4.78 is 0. The highest BCUT2D eigenvalue weighted by atomic mass is 16.1. The van der Waals surface area contributed by atoms with E-state index in [1.165, 1.54) is 0 Å². The molecular weight excluding hydrogens is 114 g/mol. The molecule has 1 N–H and O–H groups in total. The molecule has 0 amide bonds. The third-order valence-electron chi connectivity index (χ3n) is 1.84. The second-order valence-corrected chi connectivity index (χ2v) is 2.69. The highest BCUT2D eigenvalue weighted by Crippen LogP contribution is 2.30. The van der Waals surface area contributed by atoms with Crippen molar-refractivity contribution in [3.8, 4) is 0 Å². The van der Waals surface area contributed by atoms with E-state index in [2.05, 4.69) is 5.32 Å². The minimum Gasteiger partial charge on any atom is -0.311 e. The van der Waals surface area contributed by atoms with Crippen LogP contribution in [0.15, 0.2) is 0 Å². The van der Waals surface area contributed by atoms with Crippen LogP contribution in [0.4, 0.5) is 0 Å². The zero-order valence-corrected chi connectivity index (χ0v) is 5.98. The summed E-state index contributed by atoms with van der Waals surface area (Å²) in [6, 6.07) is 0.0671. The molecule has 9 heavy (non-hydrogen) atoms. The van der Waals surface area contributed by atoms with Crippen molar-refractivity contribution in [1.82, 2.24) is 5.32 Å². The number of likely N-dealkylation sites (N-methyl/N-ethyl adjacent to an activating group) is 1. The van der Waals surface area contributed by atoms with Crippen LogP contribution in [0.25, 0.3) is 0 Å². The van der Waals surface area contributed by atoms with Gasteiger partial charge in [-0.2, -0.15) is 0 Å². The molecule has 0 aliphatic heterocycles. The van der Waals surface area contributed by atoms with E-state index in [0.717, 1.165) is 12.8 Å². The summed E-state index contributed by atoms with van der Waals surface area (Å²) >= 11 is 0. The highest BCUT2D eigenvalue weighted by molar-refractivity contribution is 5.87. The normalized spacial score (nSPS) is 21.6. The van der Waals surface area contributed by atoms with Crippen LogP contribution >= 0.6 is 0 Å². The molecule has 2 nitrogen and oxygen atoms in total. The molecule has 0 heterocycles. The largest absolute Gasteiger partial charge is 0.311 e. The number of ketones is 1. The molecule has 2 heteroatoms. The first-order chi connectivity index (χ1) is 4.25. The van der Waals surface area contributed by atoms with Crippen molar-refractivity contribution in [2.24, 2.45) is 5.92 Å². The fourth-order valence-electron chi connectivity index (χ4n) is 0.864. The molecular formula is C7H13NO. The van der Waals surface area contributed by atoms with Crippen molar-refractivity contribution >= 4 is 5.78 Å². The third kappa shape index (κ3) is 1.52. The van der Waals surface area contributed by atoms with Crippen molar-refractivity contribution in [3.05, 3.63) is 0 Å². The predicted octanol–water partition coefficient (Wildman–Crippen LogP) is 0.573. The van der Waals surface area contributed by atoms with E-state index >= 15 is 0 Å². The SMILES string of the molecule is CNC(C)C(=O)C1CC1. The number of Topliss-reactive ketones (excluding diaryl/α,β-unsaturated/α-hetero) is 1. The fraction of sp³-hybridized carbons (Fsp3) is 0.857. The maximum Gasteiger partial charge on any atom is 0.152 e. The molecule has 0 spiro atoms. The summed E-state index contributed by atoms with van der Waals surface area (Å²) in [5.74, 6) is 0.782. The maximum atomic E-state index is 11.1. The van der Waals surface area contributed by atoms with Crippen LogP contribution in [0.5, 0.6) is 0 Å². The van der Waals surface area contributed by atoms with Gasteiger partial charge >= 0.3 is 0 Å². The standard InChI is InChI=1S/C7H13NO/c1-5(8-2)7(9)6-3-4-6/h5-6,8H,3-4H2,1-2H3. The van der Waals surface area contributed by atoms with Crippen LogP contribution in [-0.2, 0) is 4.79 Å². The lowest BCUT2D eigenvalue weighted by molar-refractivity contribution is -0.121.